The van der Waals surface area contributed by atoms with Gasteiger partial charge in [0.25, 0.3) is 0 Å². The van der Waals surface area contributed by atoms with Crippen molar-refractivity contribution in [2.75, 3.05) is 0 Å². The van der Waals surface area contributed by atoms with Gasteiger partial charge >= 0.3 is 0 Å². The summed E-state index contributed by atoms with van der Waals surface area (Å²) in [6.07, 6.45) is 0. The molecule has 0 aromatic rings. The Hall–Kier alpha value is 0.567. The summed E-state index contributed by atoms with van der Waals surface area (Å²) in [7, 11) is -1.08. The predicted molar refractivity (Wildman–Crippen MR) is 50.8 cm³/mol. The summed E-state index contributed by atoms with van der Waals surface area (Å²) in [6, 6.07) is 2.62. The summed E-state index contributed by atoms with van der Waals surface area (Å²) < 4.78 is 0. The Morgan fingerprint density at radius 3 is 1.56 bits per heavy atom. The van der Waals surface area contributed by atoms with E-state index in [2.05, 4.69) is 27.7 Å². The summed E-state index contributed by atoms with van der Waals surface area (Å²) in [5, 5.41) is 0. The van der Waals surface area contributed by atoms with E-state index in [9.17, 15) is 0 Å². The summed E-state index contributed by atoms with van der Waals surface area (Å²) >= 11 is 4.75. The van der Waals surface area contributed by atoms with Crippen LogP contribution in [0.3, 0.4) is 0 Å². The van der Waals surface area contributed by atoms with E-state index in [1.165, 1.54) is 12.1 Å². The quantitative estimate of drug-likeness (QED) is 0.478. The Balaban J connectivity index is 3.92. The van der Waals surface area contributed by atoms with Crippen LogP contribution in [0, 0.1) is 0 Å². The third-order valence-corrected chi connectivity index (χ3v) is 10.3. The second kappa shape index (κ2) is 3.67. The number of rotatable bonds is 3. The third kappa shape index (κ3) is 2.34. The summed E-state index contributed by atoms with van der Waals surface area (Å²) in [4.78, 5) is 0. The topological polar surface area (TPSA) is 0 Å². The molecule has 0 aliphatic rings. The molecule has 0 atom stereocenters. The molecule has 0 unspecified atom stereocenters. The summed E-state index contributed by atoms with van der Waals surface area (Å²) in [5.41, 5.74) is 0.829. The van der Waals surface area contributed by atoms with Gasteiger partial charge in [0.05, 0.1) is 0 Å². The van der Waals surface area contributed by atoms with E-state index in [0.717, 1.165) is 5.54 Å². The lowest BCUT2D eigenvalue weighted by molar-refractivity contribution is 0.995. The van der Waals surface area contributed by atoms with E-state index >= 15 is 0 Å². The second-order valence-electron chi connectivity index (χ2n) is 2.97. The van der Waals surface area contributed by atoms with Gasteiger partial charge in [-0.1, -0.05) is 39.8 Å². The maximum atomic E-state index is 4.75. The maximum Gasteiger partial charge on any atom is 0.115 e. The Morgan fingerprint density at radius 1 is 1.22 bits per heavy atom. The van der Waals surface area contributed by atoms with Crippen molar-refractivity contribution in [3.05, 3.63) is 0 Å². The first-order chi connectivity index (χ1) is 4.06. The van der Waals surface area contributed by atoms with Crippen LogP contribution in [0.1, 0.15) is 27.7 Å². The molecular weight excluding hydrogens is 144 g/mol. The van der Waals surface area contributed by atoms with Crippen LogP contribution in [-0.4, -0.2) is 7.22 Å². The molecule has 0 saturated heterocycles. The zero-order valence-corrected chi connectivity index (χ0v) is 8.83. The van der Waals surface area contributed by atoms with E-state index in [0.29, 0.717) is 0 Å². The van der Waals surface area contributed by atoms with Crippen molar-refractivity contribution in [1.29, 1.82) is 0 Å². The van der Waals surface area contributed by atoms with Crippen LogP contribution in [-0.2, 0) is 0 Å². The van der Waals surface area contributed by atoms with E-state index in [4.69, 9.17) is 12.1 Å². The van der Waals surface area contributed by atoms with Gasteiger partial charge < -0.3 is 0 Å². The molecule has 0 amide bonds. The Morgan fingerprint density at radius 2 is 1.56 bits per heavy atom. The second-order valence-corrected chi connectivity index (χ2v) is 10.4. The molecule has 0 saturated carbocycles. The average Bonchev–Trinajstić information content (AvgIpc) is 1.86. The van der Waals surface area contributed by atoms with Crippen LogP contribution >= 0.6 is 12.1 Å². The normalized spacial score (nSPS) is 12.7. The molecule has 0 rings (SSSR count). The van der Waals surface area contributed by atoms with Gasteiger partial charge in [-0.05, 0) is 5.54 Å². The fourth-order valence-corrected chi connectivity index (χ4v) is 3.20. The first kappa shape index (κ1) is 9.57. The molecule has 0 heterocycles. The molecule has 2 heteroatoms. The van der Waals surface area contributed by atoms with E-state index in [1.807, 2.05) is 0 Å². The molecule has 0 aromatic heterocycles. The van der Waals surface area contributed by atoms with Crippen molar-refractivity contribution < 1.29 is 0 Å². The molecule has 56 valence electrons. The fourth-order valence-electron chi connectivity index (χ4n) is 1.07. The van der Waals surface area contributed by atoms with Crippen LogP contribution in [0.25, 0.3) is 0 Å². The molecule has 0 aromatic carbocycles. The zero-order chi connectivity index (χ0) is 7.49. The van der Waals surface area contributed by atoms with Crippen LogP contribution in [0.5, 0.6) is 0 Å². The minimum Gasteiger partial charge on any atom is -0.201 e. The largest absolute Gasteiger partial charge is 0.201 e. The molecule has 0 bridgehead atoms. The molecular formula is C7H18SSi. The van der Waals surface area contributed by atoms with E-state index in [-0.39, 0.29) is 0 Å². The first-order valence-corrected chi connectivity index (χ1v) is 7.57. The van der Waals surface area contributed by atoms with E-state index < -0.39 is 7.22 Å². The van der Waals surface area contributed by atoms with Gasteiger partial charge in [-0.25, -0.2) is 12.1 Å². The predicted octanol–water partition coefficient (Wildman–Crippen LogP) is 3.31. The standard InChI is InChI=1S/C7H18SSi/c1-5-9(8,6-2)7(3)4/h7-8H,5-6H2,1-4H3. The first-order valence-electron chi connectivity index (χ1n) is 3.79. The molecule has 0 N–H and O–H groups in total. The molecule has 9 heavy (non-hydrogen) atoms. The molecule has 0 nitrogen and oxygen atoms in total. The van der Waals surface area contributed by atoms with Crippen LogP contribution in [0.15, 0.2) is 0 Å². The Labute approximate surface area is 65.1 Å². The molecule has 0 aliphatic heterocycles. The van der Waals surface area contributed by atoms with Crippen molar-refractivity contribution in [2.24, 2.45) is 0 Å². The average molecular weight is 162 g/mol. The van der Waals surface area contributed by atoms with Gasteiger partial charge in [-0.3, -0.25) is 0 Å². The summed E-state index contributed by atoms with van der Waals surface area (Å²) in [6.45, 7) is 9.13. The highest BCUT2D eigenvalue weighted by Crippen LogP contribution is 2.31. The van der Waals surface area contributed by atoms with Gasteiger partial charge in [-0.15, -0.1) is 0 Å². The Bertz CT molecular complexity index is 77.0. The zero-order valence-electron chi connectivity index (χ0n) is 6.94. The van der Waals surface area contributed by atoms with Gasteiger partial charge in [0.2, 0.25) is 0 Å². The van der Waals surface area contributed by atoms with Crippen LogP contribution in [0.4, 0.5) is 0 Å². The van der Waals surface area contributed by atoms with Crippen molar-refractivity contribution in [2.45, 2.75) is 45.3 Å². The minimum atomic E-state index is -1.08. The van der Waals surface area contributed by atoms with Crippen molar-refractivity contribution in [1.82, 2.24) is 0 Å². The van der Waals surface area contributed by atoms with E-state index in [1.54, 1.807) is 0 Å². The summed E-state index contributed by atoms with van der Waals surface area (Å²) in [5.74, 6) is 0. The fraction of sp³-hybridized carbons (Fsp3) is 1.00. The molecule has 0 aliphatic carbocycles. The van der Waals surface area contributed by atoms with Gasteiger partial charge in [0.1, 0.15) is 7.22 Å². The maximum absolute atomic E-state index is 4.75. The monoisotopic (exact) mass is 162 g/mol. The lowest BCUT2D eigenvalue weighted by Gasteiger charge is -2.26. The van der Waals surface area contributed by atoms with Crippen LogP contribution < -0.4 is 0 Å². The minimum absolute atomic E-state index is 0.829. The highest BCUT2D eigenvalue weighted by Gasteiger charge is 2.27. The number of hydrogen-bond acceptors (Lipinski definition) is 1. The Kier molecular flexibility index (Phi) is 3.90. The molecule has 0 spiro atoms. The van der Waals surface area contributed by atoms with Gasteiger partial charge in [-0.2, -0.15) is 0 Å². The van der Waals surface area contributed by atoms with Crippen molar-refractivity contribution in [3.63, 3.8) is 0 Å². The highest BCUT2D eigenvalue weighted by molar-refractivity contribution is 8.14. The lowest BCUT2D eigenvalue weighted by Crippen LogP contribution is -2.28. The molecule has 0 fully saturated rings. The molecule has 0 radical (unpaired) electrons. The SMILES string of the molecule is CC[Si](S)(CC)C(C)C. The number of hydrogen-bond donors (Lipinski definition) is 1. The highest BCUT2D eigenvalue weighted by atomic mass is 32.3. The lowest BCUT2D eigenvalue weighted by atomic mass is 10.6. The van der Waals surface area contributed by atoms with Gasteiger partial charge in [0.15, 0.2) is 0 Å². The van der Waals surface area contributed by atoms with Gasteiger partial charge in [0, 0.05) is 0 Å². The van der Waals surface area contributed by atoms with Crippen molar-refractivity contribution >= 4 is 19.3 Å². The smallest absolute Gasteiger partial charge is 0.115 e. The van der Waals surface area contributed by atoms with Crippen LogP contribution in [0.2, 0.25) is 17.6 Å². The van der Waals surface area contributed by atoms with Crippen molar-refractivity contribution in [3.8, 4) is 0 Å². The third-order valence-electron chi connectivity index (χ3n) is 2.30. The number of thiol groups is 1.